The van der Waals surface area contributed by atoms with Crippen LogP contribution in [-0.4, -0.2) is 23.1 Å². The Balaban J connectivity index is 2.76. The number of hydrogen-bond donors (Lipinski definition) is 1. The van der Waals surface area contributed by atoms with Gasteiger partial charge in [0, 0.05) is 0 Å². The molecule has 0 aliphatic carbocycles. The Morgan fingerprint density at radius 1 is 1.42 bits per heavy atom. The topological polar surface area (TPSA) is 101 Å². The summed E-state index contributed by atoms with van der Waals surface area (Å²) in [6, 6.07) is 1.33. The van der Waals surface area contributed by atoms with E-state index in [0.29, 0.717) is 29.4 Å². The van der Waals surface area contributed by atoms with Gasteiger partial charge in [-0.25, -0.2) is 4.98 Å². The Labute approximate surface area is 113 Å². The minimum absolute atomic E-state index is 0.130. The number of ether oxygens (including phenoxy) is 2. The van der Waals surface area contributed by atoms with Crippen molar-refractivity contribution in [1.29, 1.82) is 0 Å². The molecular formula is C11H13N3O4S. The van der Waals surface area contributed by atoms with Crippen molar-refractivity contribution < 1.29 is 14.4 Å². The molecule has 0 unspecified atom stereocenters. The summed E-state index contributed by atoms with van der Waals surface area (Å²) < 4.78 is 11.5. The molecule has 102 valence electrons. The van der Waals surface area contributed by atoms with E-state index in [9.17, 15) is 10.1 Å². The van der Waals surface area contributed by atoms with Crippen molar-refractivity contribution in [2.45, 2.75) is 13.8 Å². The summed E-state index contributed by atoms with van der Waals surface area (Å²) in [4.78, 5) is 14.6. The summed E-state index contributed by atoms with van der Waals surface area (Å²) in [5.41, 5.74) is 5.74. The van der Waals surface area contributed by atoms with Crippen LogP contribution in [0.15, 0.2) is 6.07 Å². The lowest BCUT2D eigenvalue weighted by atomic mass is 10.2. The molecule has 2 rings (SSSR count). The quantitative estimate of drug-likeness (QED) is 0.668. The van der Waals surface area contributed by atoms with Crippen LogP contribution in [0, 0.1) is 10.1 Å². The lowest BCUT2D eigenvalue weighted by Gasteiger charge is -2.11. The van der Waals surface area contributed by atoms with Gasteiger partial charge in [-0.3, -0.25) is 10.1 Å². The number of nitro groups is 1. The van der Waals surface area contributed by atoms with E-state index < -0.39 is 4.92 Å². The van der Waals surface area contributed by atoms with Crippen molar-refractivity contribution in [1.82, 2.24) is 4.98 Å². The molecule has 0 aliphatic heterocycles. The SMILES string of the molecule is CCOc1cc([N+](=O)[O-])c2nc(N)sc2c1OCC. The summed E-state index contributed by atoms with van der Waals surface area (Å²) in [5, 5.41) is 11.3. The first kappa shape index (κ1) is 13.3. The number of anilines is 1. The second-order valence-electron chi connectivity index (χ2n) is 3.58. The standard InChI is InChI=1S/C11H13N3O4S/c1-3-17-7-5-6(14(15)16)8-10(9(7)18-4-2)19-11(12)13-8/h5H,3-4H2,1-2H3,(H2,12,13). The molecule has 2 N–H and O–H groups in total. The molecule has 19 heavy (non-hydrogen) atoms. The molecular weight excluding hydrogens is 270 g/mol. The second-order valence-corrected chi connectivity index (χ2v) is 4.61. The van der Waals surface area contributed by atoms with Crippen LogP contribution in [-0.2, 0) is 0 Å². The number of nitro benzene ring substituents is 1. The van der Waals surface area contributed by atoms with Gasteiger partial charge in [0.2, 0.25) is 0 Å². The summed E-state index contributed by atoms with van der Waals surface area (Å²) in [5.74, 6) is 0.798. The van der Waals surface area contributed by atoms with Crippen LogP contribution in [0.5, 0.6) is 11.5 Å². The van der Waals surface area contributed by atoms with Crippen LogP contribution in [0.3, 0.4) is 0 Å². The number of thiazole rings is 1. The maximum Gasteiger partial charge on any atom is 0.300 e. The third-order valence-corrected chi connectivity index (χ3v) is 3.25. The summed E-state index contributed by atoms with van der Waals surface area (Å²) in [6.07, 6.45) is 0. The van der Waals surface area contributed by atoms with Gasteiger partial charge >= 0.3 is 0 Å². The molecule has 0 aliphatic rings. The normalized spacial score (nSPS) is 10.6. The fourth-order valence-electron chi connectivity index (χ4n) is 1.72. The van der Waals surface area contributed by atoms with Gasteiger partial charge in [-0.05, 0) is 13.8 Å². The van der Waals surface area contributed by atoms with E-state index in [-0.39, 0.29) is 16.3 Å². The summed E-state index contributed by atoms with van der Waals surface area (Å²) >= 11 is 1.15. The Kier molecular flexibility index (Phi) is 3.70. The first-order chi connectivity index (χ1) is 9.08. The highest BCUT2D eigenvalue weighted by Crippen LogP contribution is 2.44. The van der Waals surface area contributed by atoms with Gasteiger partial charge in [0.25, 0.3) is 5.69 Å². The maximum atomic E-state index is 11.1. The number of benzene rings is 1. The third-order valence-electron chi connectivity index (χ3n) is 2.37. The molecule has 8 heteroatoms. The lowest BCUT2D eigenvalue weighted by Crippen LogP contribution is -2.00. The minimum atomic E-state index is -0.500. The largest absolute Gasteiger partial charge is 0.490 e. The van der Waals surface area contributed by atoms with E-state index in [1.54, 1.807) is 6.92 Å². The number of rotatable bonds is 5. The Morgan fingerprint density at radius 2 is 2.11 bits per heavy atom. The number of nitrogens with zero attached hydrogens (tertiary/aromatic N) is 2. The fraction of sp³-hybridized carbons (Fsp3) is 0.364. The summed E-state index contributed by atoms with van der Waals surface area (Å²) in [6.45, 7) is 4.43. The molecule has 0 atom stereocenters. The highest BCUT2D eigenvalue weighted by Gasteiger charge is 2.24. The van der Waals surface area contributed by atoms with Crippen molar-refractivity contribution in [3.63, 3.8) is 0 Å². The molecule has 0 radical (unpaired) electrons. The molecule has 0 spiro atoms. The number of nitrogens with two attached hydrogens (primary N) is 1. The number of nitrogen functional groups attached to an aromatic ring is 1. The van der Waals surface area contributed by atoms with Crippen LogP contribution in [0.4, 0.5) is 10.8 Å². The number of non-ortho nitro benzene ring substituents is 1. The number of aromatic nitrogens is 1. The van der Waals surface area contributed by atoms with E-state index in [4.69, 9.17) is 15.2 Å². The van der Waals surface area contributed by atoms with Crippen molar-refractivity contribution in [3.8, 4) is 11.5 Å². The average molecular weight is 283 g/mol. The van der Waals surface area contributed by atoms with Gasteiger partial charge in [0.05, 0.1) is 24.2 Å². The Hall–Kier alpha value is -2.09. The highest BCUT2D eigenvalue weighted by molar-refractivity contribution is 7.22. The van der Waals surface area contributed by atoms with Crippen LogP contribution in [0.2, 0.25) is 0 Å². The number of hydrogen-bond acceptors (Lipinski definition) is 7. The first-order valence-electron chi connectivity index (χ1n) is 5.71. The third kappa shape index (κ3) is 2.39. The van der Waals surface area contributed by atoms with E-state index in [2.05, 4.69) is 4.98 Å². The van der Waals surface area contributed by atoms with Crippen molar-refractivity contribution in [3.05, 3.63) is 16.2 Å². The minimum Gasteiger partial charge on any atom is -0.490 e. The molecule has 2 aromatic rings. The predicted molar refractivity (Wildman–Crippen MR) is 73.0 cm³/mol. The first-order valence-corrected chi connectivity index (χ1v) is 6.53. The molecule has 0 saturated heterocycles. The molecule has 0 bridgehead atoms. The van der Waals surface area contributed by atoms with Gasteiger partial charge in [-0.2, -0.15) is 0 Å². The van der Waals surface area contributed by atoms with Gasteiger partial charge in [0.15, 0.2) is 22.1 Å². The zero-order valence-electron chi connectivity index (χ0n) is 10.5. The smallest absolute Gasteiger partial charge is 0.300 e. The van der Waals surface area contributed by atoms with Crippen LogP contribution >= 0.6 is 11.3 Å². The molecule has 1 aromatic carbocycles. The molecule has 1 aromatic heterocycles. The predicted octanol–water partition coefficient (Wildman–Crippen LogP) is 2.58. The van der Waals surface area contributed by atoms with E-state index in [1.807, 2.05) is 6.92 Å². The molecule has 1 heterocycles. The second kappa shape index (κ2) is 5.27. The van der Waals surface area contributed by atoms with Gasteiger partial charge in [-0.15, -0.1) is 0 Å². The average Bonchev–Trinajstić information content (AvgIpc) is 2.73. The zero-order valence-corrected chi connectivity index (χ0v) is 11.3. The van der Waals surface area contributed by atoms with Crippen molar-refractivity contribution in [2.75, 3.05) is 18.9 Å². The number of fused-ring (bicyclic) bond motifs is 1. The van der Waals surface area contributed by atoms with Gasteiger partial charge in [0.1, 0.15) is 4.70 Å². The molecule has 0 saturated carbocycles. The maximum absolute atomic E-state index is 11.1. The van der Waals surface area contributed by atoms with Gasteiger partial charge < -0.3 is 15.2 Å². The van der Waals surface area contributed by atoms with E-state index >= 15 is 0 Å². The van der Waals surface area contributed by atoms with Crippen molar-refractivity contribution in [2.24, 2.45) is 0 Å². The lowest BCUT2D eigenvalue weighted by molar-refractivity contribution is -0.383. The molecule has 7 nitrogen and oxygen atoms in total. The zero-order chi connectivity index (χ0) is 14.0. The van der Waals surface area contributed by atoms with E-state index in [1.165, 1.54) is 6.07 Å². The van der Waals surface area contributed by atoms with Crippen molar-refractivity contribution >= 4 is 32.4 Å². The molecule has 0 amide bonds. The monoisotopic (exact) mass is 283 g/mol. The van der Waals surface area contributed by atoms with E-state index in [0.717, 1.165) is 11.3 Å². The van der Waals surface area contributed by atoms with Crippen LogP contribution < -0.4 is 15.2 Å². The molecule has 0 fully saturated rings. The summed E-state index contributed by atoms with van der Waals surface area (Å²) in [7, 11) is 0. The van der Waals surface area contributed by atoms with Crippen LogP contribution in [0.1, 0.15) is 13.8 Å². The highest BCUT2D eigenvalue weighted by atomic mass is 32.1. The van der Waals surface area contributed by atoms with Gasteiger partial charge in [-0.1, -0.05) is 11.3 Å². The Morgan fingerprint density at radius 3 is 2.68 bits per heavy atom. The Bertz CT molecular complexity index is 626. The fourth-order valence-corrected chi connectivity index (χ4v) is 2.56. The van der Waals surface area contributed by atoms with Crippen LogP contribution in [0.25, 0.3) is 10.2 Å².